The van der Waals surface area contributed by atoms with Crippen molar-refractivity contribution in [1.29, 1.82) is 0 Å². The van der Waals surface area contributed by atoms with Crippen LogP contribution in [0.5, 0.6) is 5.75 Å². The molecule has 0 aliphatic carbocycles. The van der Waals surface area contributed by atoms with Gasteiger partial charge in [0, 0.05) is 23.7 Å². The van der Waals surface area contributed by atoms with E-state index in [4.69, 9.17) is 33.7 Å². The molecule has 2 rings (SSSR count). The molecule has 2 N–H and O–H groups in total. The Hall–Kier alpha value is -1.30. The van der Waals surface area contributed by atoms with Crippen LogP contribution in [0.1, 0.15) is 25.2 Å². The van der Waals surface area contributed by atoms with Crippen molar-refractivity contribution < 1.29 is 4.74 Å². The average molecular weight is 329 g/mol. The highest BCUT2D eigenvalue weighted by Gasteiger charge is 2.12. The van der Waals surface area contributed by atoms with Crippen molar-refractivity contribution in [3.8, 4) is 5.75 Å². The molecule has 1 heterocycles. The quantitative estimate of drug-likeness (QED) is 0.883. The first-order valence-electron chi connectivity index (χ1n) is 6.68. The third kappa shape index (κ3) is 4.09. The Bertz CT molecular complexity index is 613. The van der Waals surface area contributed by atoms with Crippen LogP contribution in [0.4, 0.5) is 0 Å². The van der Waals surface area contributed by atoms with Crippen molar-refractivity contribution in [2.45, 2.75) is 33.5 Å². The molecule has 7 heteroatoms. The Morgan fingerprint density at radius 2 is 2.10 bits per heavy atom. The summed E-state index contributed by atoms with van der Waals surface area (Å²) >= 11 is 12.1. The maximum atomic E-state index is 6.17. The molecule has 0 amide bonds. The van der Waals surface area contributed by atoms with Crippen LogP contribution in [0.15, 0.2) is 18.5 Å². The van der Waals surface area contributed by atoms with E-state index in [2.05, 4.69) is 23.9 Å². The molecule has 5 nitrogen and oxygen atoms in total. The van der Waals surface area contributed by atoms with Crippen LogP contribution >= 0.6 is 23.2 Å². The third-order valence-electron chi connectivity index (χ3n) is 2.88. The fourth-order valence-corrected chi connectivity index (χ4v) is 2.55. The van der Waals surface area contributed by atoms with Gasteiger partial charge in [-0.1, -0.05) is 37.0 Å². The van der Waals surface area contributed by atoms with Crippen molar-refractivity contribution in [2.75, 3.05) is 0 Å². The zero-order valence-corrected chi connectivity index (χ0v) is 13.5. The number of nitrogens with zero attached hydrogens (tertiary/aromatic N) is 3. The van der Waals surface area contributed by atoms with Crippen LogP contribution in [-0.2, 0) is 19.7 Å². The van der Waals surface area contributed by atoms with E-state index in [1.165, 1.54) is 6.33 Å². The molecule has 1 aromatic heterocycles. The second-order valence-electron chi connectivity index (χ2n) is 5.12. The van der Waals surface area contributed by atoms with E-state index in [1.807, 2.05) is 4.68 Å². The van der Waals surface area contributed by atoms with Gasteiger partial charge in [-0.25, -0.2) is 9.67 Å². The second-order valence-corrected chi connectivity index (χ2v) is 5.96. The van der Waals surface area contributed by atoms with Crippen LogP contribution in [0.3, 0.4) is 0 Å². The Kier molecular flexibility index (Phi) is 5.45. The molecule has 0 aliphatic rings. The Morgan fingerprint density at radius 1 is 1.33 bits per heavy atom. The summed E-state index contributed by atoms with van der Waals surface area (Å²) in [6, 6.07) is 3.39. The fraction of sp³-hybridized carbons (Fsp3) is 0.429. The predicted molar refractivity (Wildman–Crippen MR) is 83.5 cm³/mol. The molecule has 0 saturated heterocycles. The van der Waals surface area contributed by atoms with E-state index in [9.17, 15) is 0 Å². The summed E-state index contributed by atoms with van der Waals surface area (Å²) in [6.07, 6.45) is 1.52. The number of hydrogen-bond donors (Lipinski definition) is 1. The molecular formula is C14H18Cl2N4O. The Morgan fingerprint density at radius 3 is 2.76 bits per heavy atom. The third-order valence-corrected chi connectivity index (χ3v) is 3.38. The van der Waals surface area contributed by atoms with Crippen LogP contribution < -0.4 is 10.5 Å². The minimum Gasteiger partial charge on any atom is -0.484 e. The fourth-order valence-electron chi connectivity index (χ4n) is 1.96. The molecule has 114 valence electrons. The first-order chi connectivity index (χ1) is 10.0. The molecule has 0 spiro atoms. The normalized spacial score (nSPS) is 11.1. The van der Waals surface area contributed by atoms with Gasteiger partial charge in [0.25, 0.3) is 0 Å². The van der Waals surface area contributed by atoms with E-state index in [1.54, 1.807) is 12.1 Å². The molecule has 0 aliphatic heterocycles. The number of nitrogens with two attached hydrogens (primary N) is 1. The highest BCUT2D eigenvalue weighted by Crippen LogP contribution is 2.32. The number of benzene rings is 1. The molecular weight excluding hydrogens is 311 g/mol. The van der Waals surface area contributed by atoms with Gasteiger partial charge in [-0.3, -0.25) is 0 Å². The number of halogens is 2. The van der Waals surface area contributed by atoms with Gasteiger partial charge in [0.2, 0.25) is 0 Å². The summed E-state index contributed by atoms with van der Waals surface area (Å²) in [6.45, 7) is 5.61. The Balaban J connectivity index is 2.15. The average Bonchev–Trinajstić information content (AvgIpc) is 2.83. The first kappa shape index (κ1) is 16.1. The molecule has 0 unspecified atom stereocenters. The smallest absolute Gasteiger partial charge is 0.164 e. The molecule has 2 aromatic rings. The molecule has 0 bridgehead atoms. The summed E-state index contributed by atoms with van der Waals surface area (Å²) < 4.78 is 7.62. The molecule has 0 fully saturated rings. The van der Waals surface area contributed by atoms with Gasteiger partial charge in [0.05, 0.1) is 5.02 Å². The SMILES string of the molecule is CC(C)Cn1ncnc1COc1c(Cl)cc(Cl)cc1CN. The lowest BCUT2D eigenvalue weighted by atomic mass is 10.2. The number of ether oxygens (including phenoxy) is 1. The van der Waals surface area contributed by atoms with Crippen LogP contribution in [-0.4, -0.2) is 14.8 Å². The van der Waals surface area contributed by atoms with E-state index in [0.717, 1.165) is 17.9 Å². The van der Waals surface area contributed by atoms with Gasteiger partial charge in [0.1, 0.15) is 18.7 Å². The van der Waals surface area contributed by atoms with Gasteiger partial charge >= 0.3 is 0 Å². The van der Waals surface area contributed by atoms with Crippen molar-refractivity contribution in [2.24, 2.45) is 11.7 Å². The minimum atomic E-state index is 0.279. The Labute approximate surface area is 134 Å². The summed E-state index contributed by atoms with van der Waals surface area (Å²) in [5, 5.41) is 5.17. The number of hydrogen-bond acceptors (Lipinski definition) is 4. The molecule has 0 atom stereocenters. The van der Waals surface area contributed by atoms with E-state index in [0.29, 0.717) is 28.3 Å². The zero-order valence-electron chi connectivity index (χ0n) is 12.0. The maximum Gasteiger partial charge on any atom is 0.164 e. The van der Waals surface area contributed by atoms with Gasteiger partial charge < -0.3 is 10.5 Å². The minimum absolute atomic E-state index is 0.279. The van der Waals surface area contributed by atoms with Crippen LogP contribution in [0, 0.1) is 5.92 Å². The van der Waals surface area contributed by atoms with E-state index < -0.39 is 0 Å². The van der Waals surface area contributed by atoms with Gasteiger partial charge in [-0.15, -0.1) is 0 Å². The molecule has 0 saturated carbocycles. The molecule has 1 aromatic carbocycles. The lowest BCUT2D eigenvalue weighted by molar-refractivity contribution is 0.280. The molecule has 0 radical (unpaired) electrons. The zero-order chi connectivity index (χ0) is 15.4. The summed E-state index contributed by atoms with van der Waals surface area (Å²) in [5.41, 5.74) is 6.47. The van der Waals surface area contributed by atoms with E-state index in [-0.39, 0.29) is 6.61 Å². The van der Waals surface area contributed by atoms with Crippen LogP contribution in [0.2, 0.25) is 10.0 Å². The van der Waals surface area contributed by atoms with Gasteiger partial charge in [0.15, 0.2) is 5.82 Å². The highest BCUT2D eigenvalue weighted by atomic mass is 35.5. The summed E-state index contributed by atoms with van der Waals surface area (Å²) in [5.74, 6) is 1.77. The standard InChI is InChI=1S/C14H18Cl2N4O/c1-9(2)6-20-13(18-8-19-20)7-21-14-10(5-17)3-11(15)4-12(14)16/h3-4,8-9H,5-7,17H2,1-2H3. The first-order valence-corrected chi connectivity index (χ1v) is 7.44. The summed E-state index contributed by atoms with van der Waals surface area (Å²) in [4.78, 5) is 4.21. The van der Waals surface area contributed by atoms with Crippen molar-refractivity contribution in [3.63, 3.8) is 0 Å². The number of rotatable bonds is 6. The maximum absolute atomic E-state index is 6.17. The largest absolute Gasteiger partial charge is 0.484 e. The van der Waals surface area contributed by atoms with Crippen LogP contribution in [0.25, 0.3) is 0 Å². The van der Waals surface area contributed by atoms with Crippen molar-refractivity contribution in [3.05, 3.63) is 39.9 Å². The highest BCUT2D eigenvalue weighted by molar-refractivity contribution is 6.35. The van der Waals surface area contributed by atoms with E-state index >= 15 is 0 Å². The van der Waals surface area contributed by atoms with Gasteiger partial charge in [-0.05, 0) is 18.1 Å². The monoisotopic (exact) mass is 328 g/mol. The lowest BCUT2D eigenvalue weighted by Crippen LogP contribution is -2.13. The lowest BCUT2D eigenvalue weighted by Gasteiger charge is -2.13. The van der Waals surface area contributed by atoms with Crippen molar-refractivity contribution in [1.82, 2.24) is 14.8 Å². The second kappa shape index (κ2) is 7.11. The predicted octanol–water partition coefficient (Wildman–Crippen LogP) is 3.28. The van der Waals surface area contributed by atoms with Crippen molar-refractivity contribution >= 4 is 23.2 Å². The number of aromatic nitrogens is 3. The topological polar surface area (TPSA) is 66.0 Å². The summed E-state index contributed by atoms with van der Waals surface area (Å²) in [7, 11) is 0. The molecule has 21 heavy (non-hydrogen) atoms. The van der Waals surface area contributed by atoms with Gasteiger partial charge in [-0.2, -0.15) is 5.10 Å².